The maximum atomic E-state index is 12.6. The highest BCUT2D eigenvalue weighted by Crippen LogP contribution is 2.30. The predicted octanol–water partition coefficient (Wildman–Crippen LogP) is 2.65. The van der Waals surface area contributed by atoms with Gasteiger partial charge in [0, 0.05) is 25.0 Å². The Morgan fingerprint density at radius 3 is 2.21 bits per heavy atom. The number of fused-ring (bicyclic) bond motifs is 2. The minimum absolute atomic E-state index is 0.0577. The van der Waals surface area contributed by atoms with E-state index in [1.54, 1.807) is 12.1 Å². The minimum Gasteiger partial charge on any atom is -0.465 e. The molecule has 1 atom stereocenters. The van der Waals surface area contributed by atoms with Gasteiger partial charge >= 0.3 is 17.9 Å². The third kappa shape index (κ3) is 5.11. The summed E-state index contributed by atoms with van der Waals surface area (Å²) in [6.45, 7) is 5.21. The first-order chi connectivity index (χ1) is 15.9. The van der Waals surface area contributed by atoms with E-state index in [1.807, 2.05) is 0 Å². The van der Waals surface area contributed by atoms with E-state index >= 15 is 0 Å². The average Bonchev–Trinajstić information content (AvgIpc) is 3.22. The Hall–Kier alpha value is -4.08. The van der Waals surface area contributed by atoms with Crippen molar-refractivity contribution in [1.29, 1.82) is 0 Å². The minimum atomic E-state index is -1.33. The van der Waals surface area contributed by atoms with Crippen LogP contribution in [-0.4, -0.2) is 48.2 Å². The Labute approximate surface area is 194 Å². The fourth-order valence-electron chi connectivity index (χ4n) is 3.13. The molecule has 0 aliphatic heterocycles. The van der Waals surface area contributed by atoms with Crippen molar-refractivity contribution in [3.05, 3.63) is 58.5 Å². The first-order valence-electron chi connectivity index (χ1n) is 10.3. The van der Waals surface area contributed by atoms with Crippen molar-refractivity contribution in [3.63, 3.8) is 0 Å². The van der Waals surface area contributed by atoms with Crippen molar-refractivity contribution in [2.24, 2.45) is 5.41 Å². The summed E-state index contributed by atoms with van der Waals surface area (Å²) in [7, 11) is 0. The molecule has 10 nitrogen and oxygen atoms in total. The Morgan fingerprint density at radius 1 is 0.971 bits per heavy atom. The number of Topliss-reactive ketones (excluding diaryl/α,β-unsaturated/α-hetero) is 1. The van der Waals surface area contributed by atoms with Crippen LogP contribution in [0.3, 0.4) is 0 Å². The van der Waals surface area contributed by atoms with Gasteiger partial charge in [-0.1, -0.05) is 24.3 Å². The lowest BCUT2D eigenvalue weighted by atomic mass is 9.88. The molecule has 2 aromatic rings. The Balaban J connectivity index is 1.61. The van der Waals surface area contributed by atoms with Crippen LogP contribution in [-0.2, 0) is 28.6 Å². The number of rotatable bonds is 8. The van der Waals surface area contributed by atoms with Gasteiger partial charge in [0.05, 0.1) is 11.0 Å². The van der Waals surface area contributed by atoms with Crippen LogP contribution < -0.4 is 0 Å². The van der Waals surface area contributed by atoms with E-state index in [-0.39, 0.29) is 34.8 Å². The average molecular weight is 470 g/mol. The van der Waals surface area contributed by atoms with Crippen molar-refractivity contribution in [2.45, 2.75) is 40.4 Å². The highest BCUT2D eigenvalue weighted by atomic mass is 16.7. The van der Waals surface area contributed by atoms with Crippen molar-refractivity contribution in [2.75, 3.05) is 6.61 Å². The summed E-state index contributed by atoms with van der Waals surface area (Å²) >= 11 is 0. The second-order valence-corrected chi connectivity index (χ2v) is 8.28. The maximum Gasteiger partial charge on any atom is 0.318 e. The van der Waals surface area contributed by atoms with E-state index < -0.39 is 53.4 Å². The molecule has 0 fully saturated rings. The molecule has 1 aliphatic carbocycles. The zero-order chi connectivity index (χ0) is 25.2. The van der Waals surface area contributed by atoms with Crippen LogP contribution in [0.25, 0.3) is 0 Å². The number of esters is 3. The zero-order valence-corrected chi connectivity index (χ0v) is 19.0. The van der Waals surface area contributed by atoms with Gasteiger partial charge in [0.25, 0.3) is 0 Å². The Bertz CT molecular complexity index is 1150. The summed E-state index contributed by atoms with van der Waals surface area (Å²) in [4.78, 5) is 73.1. The second-order valence-electron chi connectivity index (χ2n) is 8.28. The molecule has 0 saturated carbocycles. The van der Waals surface area contributed by atoms with E-state index in [0.717, 1.165) is 6.07 Å². The van der Waals surface area contributed by atoms with Crippen LogP contribution in [0.5, 0.6) is 0 Å². The normalized spacial score (nSPS) is 13.4. The number of carbonyl (C=O) groups excluding carboxylic acids is 6. The van der Waals surface area contributed by atoms with Crippen molar-refractivity contribution < 1.29 is 47.4 Å². The van der Waals surface area contributed by atoms with Gasteiger partial charge in [0.2, 0.25) is 17.9 Å². The Kier molecular flexibility index (Phi) is 6.80. The number of hydrogen-bond donors (Lipinski definition) is 0. The number of carbonyl (C=O) groups is 6. The van der Waals surface area contributed by atoms with Crippen LogP contribution in [0.1, 0.15) is 76.7 Å². The predicted molar refractivity (Wildman–Crippen MR) is 113 cm³/mol. The first kappa shape index (κ1) is 24.6. The molecule has 1 heterocycles. The summed E-state index contributed by atoms with van der Waals surface area (Å²) in [5, 5.41) is 0. The highest BCUT2D eigenvalue weighted by Gasteiger charge is 2.35. The van der Waals surface area contributed by atoms with E-state index in [0.29, 0.717) is 0 Å². The molecule has 0 amide bonds. The maximum absolute atomic E-state index is 12.6. The van der Waals surface area contributed by atoms with Crippen LogP contribution >= 0.6 is 0 Å². The molecule has 1 unspecified atom stereocenters. The molecule has 0 N–H and O–H groups in total. The van der Waals surface area contributed by atoms with E-state index in [1.165, 1.54) is 39.8 Å². The molecule has 1 aromatic carbocycles. The summed E-state index contributed by atoms with van der Waals surface area (Å²) in [5.74, 6) is -4.80. The fourth-order valence-corrected chi connectivity index (χ4v) is 3.13. The third-order valence-electron chi connectivity index (χ3n) is 4.94. The fraction of sp³-hybridized carbons (Fsp3) is 0.333. The lowest BCUT2D eigenvalue weighted by Crippen LogP contribution is -2.35. The number of hydrogen-bond acceptors (Lipinski definition) is 10. The van der Waals surface area contributed by atoms with Gasteiger partial charge in [0.1, 0.15) is 13.0 Å². The number of benzene rings is 1. The highest BCUT2D eigenvalue weighted by molar-refractivity contribution is 6.28. The number of ketones is 3. The molecular weight excluding hydrogens is 448 g/mol. The van der Waals surface area contributed by atoms with Crippen LogP contribution in [0.15, 0.2) is 34.7 Å². The molecule has 178 valence electrons. The summed E-state index contributed by atoms with van der Waals surface area (Å²) < 4.78 is 20.1. The molecular formula is C24H22O10. The number of ether oxygens (including phenoxy) is 3. The van der Waals surface area contributed by atoms with E-state index in [4.69, 9.17) is 18.6 Å². The summed E-state index contributed by atoms with van der Waals surface area (Å²) in [6, 6.07) is 7.33. The summed E-state index contributed by atoms with van der Waals surface area (Å²) in [6.07, 6.45) is -2.10. The largest absolute Gasteiger partial charge is 0.465 e. The molecule has 0 bridgehead atoms. The topological polar surface area (TPSA) is 143 Å². The third-order valence-corrected chi connectivity index (χ3v) is 4.94. The van der Waals surface area contributed by atoms with Crippen molar-refractivity contribution in [3.8, 4) is 0 Å². The standard InChI is InChI=1S/C24H22O10/c1-12(25)31-11-24(3,4)23(30)33-13(2)32-19(27)10-17(26)18-9-16-20(28)14-7-5-6-8-15(14)21(29)22(16)34-18/h5-9,13H,10-11H2,1-4H3. The van der Waals surface area contributed by atoms with Crippen LogP contribution in [0.4, 0.5) is 0 Å². The molecule has 3 rings (SSSR count). The van der Waals surface area contributed by atoms with Crippen molar-refractivity contribution >= 4 is 35.3 Å². The quantitative estimate of drug-likeness (QED) is 0.209. The lowest BCUT2D eigenvalue weighted by molar-refractivity contribution is -0.192. The summed E-state index contributed by atoms with van der Waals surface area (Å²) in [5.41, 5.74) is -0.879. The van der Waals surface area contributed by atoms with Crippen molar-refractivity contribution in [1.82, 2.24) is 0 Å². The van der Waals surface area contributed by atoms with E-state index in [2.05, 4.69) is 0 Å². The van der Waals surface area contributed by atoms with E-state index in [9.17, 15) is 28.8 Å². The van der Waals surface area contributed by atoms with Gasteiger partial charge in [-0.3, -0.25) is 28.8 Å². The monoisotopic (exact) mass is 470 g/mol. The molecule has 0 spiro atoms. The molecule has 0 radical (unpaired) electrons. The SMILES string of the molecule is CC(=O)OCC(C)(C)C(=O)OC(C)OC(=O)CC(=O)c1cc2c(o1)C(=O)c1ccccc1C2=O. The molecule has 1 aromatic heterocycles. The van der Waals surface area contributed by atoms with Crippen LogP contribution in [0.2, 0.25) is 0 Å². The van der Waals surface area contributed by atoms with Gasteiger partial charge in [-0.25, -0.2) is 0 Å². The van der Waals surface area contributed by atoms with Crippen LogP contribution in [0, 0.1) is 5.41 Å². The zero-order valence-electron chi connectivity index (χ0n) is 19.0. The van der Waals surface area contributed by atoms with Gasteiger partial charge in [0.15, 0.2) is 17.3 Å². The Morgan fingerprint density at radius 2 is 1.59 bits per heavy atom. The van der Waals surface area contributed by atoms with Gasteiger partial charge < -0.3 is 18.6 Å². The molecule has 34 heavy (non-hydrogen) atoms. The molecule has 1 aliphatic rings. The smallest absolute Gasteiger partial charge is 0.318 e. The van der Waals surface area contributed by atoms with Gasteiger partial charge in [-0.15, -0.1) is 0 Å². The molecule has 10 heteroatoms. The number of furan rings is 1. The second kappa shape index (κ2) is 9.42. The first-order valence-corrected chi connectivity index (χ1v) is 10.3. The molecule has 0 saturated heterocycles. The lowest BCUT2D eigenvalue weighted by Gasteiger charge is -2.24. The van der Waals surface area contributed by atoms with Gasteiger partial charge in [-0.2, -0.15) is 0 Å². The van der Waals surface area contributed by atoms with Gasteiger partial charge in [-0.05, 0) is 19.9 Å².